The Morgan fingerprint density at radius 3 is 2.70 bits per heavy atom. The second kappa shape index (κ2) is 8.45. The van der Waals surface area contributed by atoms with Gasteiger partial charge >= 0.3 is 0 Å². The molecule has 3 fully saturated rings. The molecule has 1 saturated heterocycles. The molecular weight excluding hydrogens is 292 g/mol. The number of ether oxygens (including phenoxy) is 1. The van der Waals surface area contributed by atoms with Gasteiger partial charge in [-0.1, -0.05) is 25.7 Å². The molecule has 132 valence electrons. The molecule has 2 N–H and O–H groups in total. The van der Waals surface area contributed by atoms with Gasteiger partial charge in [0.1, 0.15) is 0 Å². The minimum Gasteiger partial charge on any atom is -0.393 e. The molecule has 0 aromatic heterocycles. The largest absolute Gasteiger partial charge is 0.393 e. The number of hydrogen-bond donors (Lipinski definition) is 2. The highest BCUT2D eigenvalue weighted by atomic mass is 16.5. The van der Waals surface area contributed by atoms with Gasteiger partial charge in [-0.15, -0.1) is 0 Å². The third-order valence-corrected chi connectivity index (χ3v) is 5.97. The molecular formula is C18H32N2O3. The number of nitrogens with zero attached hydrogens (tertiary/aromatic N) is 1. The average molecular weight is 324 g/mol. The third kappa shape index (κ3) is 4.68. The summed E-state index contributed by atoms with van der Waals surface area (Å²) in [4.78, 5) is 14.6. The molecule has 2 saturated carbocycles. The molecule has 0 aromatic rings. The van der Waals surface area contributed by atoms with Gasteiger partial charge in [-0.3, -0.25) is 9.69 Å². The van der Waals surface area contributed by atoms with Gasteiger partial charge in [-0.25, -0.2) is 0 Å². The average Bonchev–Trinajstić information content (AvgIpc) is 3.00. The van der Waals surface area contributed by atoms with E-state index in [1.807, 2.05) is 0 Å². The summed E-state index contributed by atoms with van der Waals surface area (Å²) in [7, 11) is 0. The fourth-order valence-electron chi connectivity index (χ4n) is 4.56. The fraction of sp³-hybridized carbons (Fsp3) is 0.944. The minimum absolute atomic E-state index is 0.134. The Morgan fingerprint density at radius 2 is 1.96 bits per heavy atom. The van der Waals surface area contributed by atoms with Crippen LogP contribution in [0.3, 0.4) is 0 Å². The van der Waals surface area contributed by atoms with E-state index in [1.165, 1.54) is 32.1 Å². The van der Waals surface area contributed by atoms with E-state index in [4.69, 9.17) is 4.74 Å². The highest BCUT2D eigenvalue weighted by Gasteiger charge is 2.38. The quantitative estimate of drug-likeness (QED) is 0.805. The van der Waals surface area contributed by atoms with Crippen molar-refractivity contribution in [2.24, 2.45) is 11.8 Å². The lowest BCUT2D eigenvalue weighted by Gasteiger charge is -2.39. The van der Waals surface area contributed by atoms with Gasteiger partial charge in [0.05, 0.1) is 25.9 Å². The number of hydrogen-bond acceptors (Lipinski definition) is 4. The van der Waals surface area contributed by atoms with Gasteiger partial charge in [-0.2, -0.15) is 0 Å². The molecule has 0 spiro atoms. The maximum absolute atomic E-state index is 12.3. The lowest BCUT2D eigenvalue weighted by Crippen LogP contribution is -2.54. The third-order valence-electron chi connectivity index (χ3n) is 5.97. The molecule has 23 heavy (non-hydrogen) atoms. The number of aliphatic hydroxyl groups is 1. The van der Waals surface area contributed by atoms with E-state index in [2.05, 4.69) is 10.2 Å². The predicted octanol–water partition coefficient (Wildman–Crippen LogP) is 1.54. The second-order valence-electron chi connectivity index (χ2n) is 7.58. The van der Waals surface area contributed by atoms with Crippen molar-refractivity contribution in [3.05, 3.63) is 0 Å². The van der Waals surface area contributed by atoms with Crippen molar-refractivity contribution >= 4 is 5.91 Å². The molecule has 0 aromatic carbocycles. The van der Waals surface area contributed by atoms with Gasteiger partial charge in [0, 0.05) is 25.0 Å². The summed E-state index contributed by atoms with van der Waals surface area (Å²) in [5.41, 5.74) is 0. The summed E-state index contributed by atoms with van der Waals surface area (Å²) in [6.45, 7) is 3.42. The molecule has 5 heteroatoms. The molecule has 1 heterocycles. The van der Waals surface area contributed by atoms with Crippen molar-refractivity contribution in [3.63, 3.8) is 0 Å². The van der Waals surface area contributed by atoms with Crippen LogP contribution < -0.4 is 5.32 Å². The number of carbonyl (C=O) groups excluding carboxylic acids is 1. The zero-order chi connectivity index (χ0) is 16.1. The van der Waals surface area contributed by atoms with E-state index in [9.17, 15) is 9.90 Å². The maximum Gasteiger partial charge on any atom is 0.234 e. The SMILES string of the molecule is O=C(CN1CCOC[C@@H]1[C@H]1CCC[C@H]1O)NCC1CCCCC1. The molecule has 0 radical (unpaired) electrons. The Bertz CT molecular complexity index is 384. The Labute approximate surface area is 139 Å². The lowest BCUT2D eigenvalue weighted by atomic mass is 9.89. The van der Waals surface area contributed by atoms with E-state index in [-0.39, 0.29) is 24.0 Å². The van der Waals surface area contributed by atoms with Crippen LogP contribution >= 0.6 is 0 Å². The number of morpholine rings is 1. The van der Waals surface area contributed by atoms with Crippen LogP contribution in [-0.4, -0.2) is 60.9 Å². The Kier molecular flexibility index (Phi) is 6.31. The summed E-state index contributed by atoms with van der Waals surface area (Å²) >= 11 is 0. The zero-order valence-electron chi connectivity index (χ0n) is 14.2. The Balaban J connectivity index is 1.47. The van der Waals surface area contributed by atoms with Crippen LogP contribution in [-0.2, 0) is 9.53 Å². The molecule has 5 nitrogen and oxygen atoms in total. The van der Waals surface area contributed by atoms with E-state index in [0.29, 0.717) is 25.7 Å². The van der Waals surface area contributed by atoms with Crippen molar-refractivity contribution < 1.29 is 14.6 Å². The first-order valence-electron chi connectivity index (χ1n) is 9.50. The van der Waals surface area contributed by atoms with Crippen molar-refractivity contribution in [2.75, 3.05) is 32.8 Å². The van der Waals surface area contributed by atoms with Crippen LogP contribution in [0.5, 0.6) is 0 Å². The summed E-state index contributed by atoms with van der Waals surface area (Å²) < 4.78 is 5.63. The smallest absolute Gasteiger partial charge is 0.234 e. The van der Waals surface area contributed by atoms with Crippen LogP contribution in [0.25, 0.3) is 0 Å². The summed E-state index contributed by atoms with van der Waals surface area (Å²) in [6.07, 6.45) is 9.29. The second-order valence-corrected chi connectivity index (χ2v) is 7.58. The predicted molar refractivity (Wildman–Crippen MR) is 89.1 cm³/mol. The molecule has 1 aliphatic heterocycles. The van der Waals surface area contributed by atoms with Gasteiger partial charge in [0.2, 0.25) is 5.91 Å². The van der Waals surface area contributed by atoms with Crippen molar-refractivity contribution in [2.45, 2.75) is 63.5 Å². The fourth-order valence-corrected chi connectivity index (χ4v) is 4.56. The molecule has 3 atom stereocenters. The van der Waals surface area contributed by atoms with E-state index in [0.717, 1.165) is 32.4 Å². The van der Waals surface area contributed by atoms with Crippen LogP contribution in [0, 0.1) is 11.8 Å². The zero-order valence-corrected chi connectivity index (χ0v) is 14.2. The Morgan fingerprint density at radius 1 is 1.13 bits per heavy atom. The Hall–Kier alpha value is -0.650. The van der Waals surface area contributed by atoms with E-state index < -0.39 is 0 Å². The monoisotopic (exact) mass is 324 g/mol. The normalized spacial score (nSPS) is 33.7. The van der Waals surface area contributed by atoms with Crippen LogP contribution in [0.15, 0.2) is 0 Å². The highest BCUT2D eigenvalue weighted by molar-refractivity contribution is 5.78. The number of aliphatic hydroxyl groups excluding tert-OH is 1. The van der Waals surface area contributed by atoms with Gasteiger partial charge < -0.3 is 15.2 Å². The van der Waals surface area contributed by atoms with Gasteiger partial charge in [0.15, 0.2) is 0 Å². The van der Waals surface area contributed by atoms with Crippen LogP contribution in [0.4, 0.5) is 0 Å². The summed E-state index contributed by atoms with van der Waals surface area (Å²) in [5, 5.41) is 13.3. The molecule has 0 unspecified atom stereocenters. The van der Waals surface area contributed by atoms with E-state index in [1.54, 1.807) is 0 Å². The first-order valence-corrected chi connectivity index (χ1v) is 9.50. The minimum atomic E-state index is -0.227. The molecule has 3 aliphatic rings. The van der Waals surface area contributed by atoms with Gasteiger partial charge in [0.25, 0.3) is 0 Å². The number of amides is 1. The first kappa shape index (κ1) is 17.2. The van der Waals surface area contributed by atoms with Crippen molar-refractivity contribution in [1.29, 1.82) is 0 Å². The van der Waals surface area contributed by atoms with Crippen molar-refractivity contribution in [1.82, 2.24) is 10.2 Å². The molecule has 1 amide bonds. The lowest BCUT2D eigenvalue weighted by molar-refractivity contribution is -0.126. The topological polar surface area (TPSA) is 61.8 Å². The summed E-state index contributed by atoms with van der Waals surface area (Å²) in [6, 6.07) is 0.196. The standard InChI is InChI=1S/C18H32N2O3/c21-17-8-4-7-15(17)16-13-23-10-9-20(16)12-18(22)19-11-14-5-2-1-3-6-14/h14-17,21H,1-13H2,(H,19,22)/t15-,16-,17-/m1/s1. The maximum atomic E-state index is 12.3. The van der Waals surface area contributed by atoms with E-state index >= 15 is 0 Å². The molecule has 3 rings (SSSR count). The molecule has 0 bridgehead atoms. The van der Waals surface area contributed by atoms with Crippen molar-refractivity contribution in [3.8, 4) is 0 Å². The number of rotatable bonds is 5. The summed E-state index contributed by atoms with van der Waals surface area (Å²) in [5.74, 6) is 1.07. The first-order chi connectivity index (χ1) is 11.2. The highest BCUT2D eigenvalue weighted by Crippen LogP contribution is 2.32. The van der Waals surface area contributed by atoms with Gasteiger partial charge in [-0.05, 0) is 31.6 Å². The van der Waals surface area contributed by atoms with Crippen LogP contribution in [0.1, 0.15) is 51.4 Å². The molecule has 2 aliphatic carbocycles. The van der Waals surface area contributed by atoms with Crippen LogP contribution in [0.2, 0.25) is 0 Å². The number of nitrogens with one attached hydrogen (secondary N) is 1. The number of carbonyl (C=O) groups is 1.